The standard InChI is InChI=1S/C27H30F2N6O/c1-17-12-19-4-5-22(26(29)21(19)13-17)36-27-32-24(31-23-14-20(16-30-23)18-2-3-18)15-25(33-27)35-10-8-34(7-6-28)9-11-35/h4-5,13-15,18H,2-3,6-12,16H2,1H3,(H,30,31,32,33). The van der Waals surface area contributed by atoms with Gasteiger partial charge in [0.05, 0.1) is 6.54 Å². The van der Waals surface area contributed by atoms with Crippen molar-refractivity contribution in [2.45, 2.75) is 26.2 Å². The summed E-state index contributed by atoms with van der Waals surface area (Å²) < 4.78 is 33.9. The maximum absolute atomic E-state index is 15.2. The van der Waals surface area contributed by atoms with Gasteiger partial charge in [0.2, 0.25) is 0 Å². The van der Waals surface area contributed by atoms with E-state index in [4.69, 9.17) is 4.74 Å². The van der Waals surface area contributed by atoms with Crippen LogP contribution in [0.1, 0.15) is 30.9 Å². The van der Waals surface area contributed by atoms with E-state index in [0.717, 1.165) is 43.0 Å². The number of aliphatic imine (C=N–C) groups is 1. The first-order valence-corrected chi connectivity index (χ1v) is 12.7. The van der Waals surface area contributed by atoms with Gasteiger partial charge in [0.1, 0.15) is 24.1 Å². The lowest BCUT2D eigenvalue weighted by Gasteiger charge is -2.35. The highest BCUT2D eigenvalue weighted by Gasteiger charge is 2.28. The predicted octanol–water partition coefficient (Wildman–Crippen LogP) is 4.62. The van der Waals surface area contributed by atoms with Crippen LogP contribution in [0.5, 0.6) is 11.8 Å². The molecule has 36 heavy (non-hydrogen) atoms. The third-order valence-corrected chi connectivity index (χ3v) is 7.20. The van der Waals surface area contributed by atoms with E-state index in [1.54, 1.807) is 6.07 Å². The summed E-state index contributed by atoms with van der Waals surface area (Å²) in [6.07, 6.45) is 7.18. The zero-order chi connectivity index (χ0) is 24.6. The van der Waals surface area contributed by atoms with Gasteiger partial charge < -0.3 is 15.0 Å². The number of allylic oxidation sites excluding steroid dienone is 1. The number of piperazine rings is 1. The molecule has 1 aromatic carbocycles. The molecule has 4 aliphatic rings. The van der Waals surface area contributed by atoms with Gasteiger partial charge in [-0.05, 0) is 55.4 Å². The van der Waals surface area contributed by atoms with E-state index in [-0.39, 0.29) is 18.4 Å². The molecule has 0 unspecified atom stereocenters. The van der Waals surface area contributed by atoms with Crippen molar-refractivity contribution in [2.24, 2.45) is 10.9 Å². The van der Waals surface area contributed by atoms with Crippen LogP contribution in [-0.2, 0) is 6.42 Å². The first-order valence-electron chi connectivity index (χ1n) is 12.7. The zero-order valence-electron chi connectivity index (χ0n) is 20.4. The number of rotatable bonds is 7. The van der Waals surface area contributed by atoms with Gasteiger partial charge in [0, 0.05) is 44.4 Å². The number of aromatic nitrogens is 2. The summed E-state index contributed by atoms with van der Waals surface area (Å²) in [5.74, 6) is 2.36. The highest BCUT2D eigenvalue weighted by molar-refractivity contribution is 6.05. The van der Waals surface area contributed by atoms with Crippen LogP contribution in [-0.4, -0.2) is 66.6 Å². The Kier molecular flexibility index (Phi) is 6.17. The molecule has 1 saturated carbocycles. The molecule has 0 radical (unpaired) electrons. The molecule has 3 heterocycles. The van der Waals surface area contributed by atoms with E-state index >= 15 is 4.39 Å². The number of nitrogens with zero attached hydrogens (tertiary/aromatic N) is 5. The highest BCUT2D eigenvalue weighted by Crippen LogP contribution is 2.38. The van der Waals surface area contributed by atoms with Gasteiger partial charge in [0.25, 0.3) is 0 Å². The van der Waals surface area contributed by atoms with Gasteiger partial charge in [-0.15, -0.1) is 0 Å². The van der Waals surface area contributed by atoms with Gasteiger partial charge in [-0.3, -0.25) is 9.89 Å². The Balaban J connectivity index is 1.27. The number of nitrogens with one attached hydrogen (secondary N) is 1. The molecule has 1 N–H and O–H groups in total. The normalized spacial score (nSPS) is 19.6. The summed E-state index contributed by atoms with van der Waals surface area (Å²) >= 11 is 0. The number of fused-ring (bicyclic) bond motifs is 1. The van der Waals surface area contributed by atoms with Crippen molar-refractivity contribution in [1.29, 1.82) is 0 Å². The summed E-state index contributed by atoms with van der Waals surface area (Å²) in [5.41, 5.74) is 4.00. The van der Waals surface area contributed by atoms with Crippen LogP contribution in [0.15, 0.2) is 40.4 Å². The molecule has 7 nitrogen and oxygen atoms in total. The molecule has 1 saturated heterocycles. The van der Waals surface area contributed by atoms with Crippen molar-refractivity contribution in [3.05, 3.63) is 52.4 Å². The van der Waals surface area contributed by atoms with Crippen molar-refractivity contribution in [1.82, 2.24) is 14.9 Å². The first-order chi connectivity index (χ1) is 17.6. The topological polar surface area (TPSA) is 65.9 Å². The third kappa shape index (κ3) is 4.84. The first kappa shape index (κ1) is 23.1. The van der Waals surface area contributed by atoms with Crippen LogP contribution < -0.4 is 15.0 Å². The Morgan fingerprint density at radius 1 is 1.11 bits per heavy atom. The molecule has 9 heteroatoms. The average molecular weight is 493 g/mol. The molecule has 1 aromatic heterocycles. The quantitative estimate of drug-likeness (QED) is 0.609. The smallest absolute Gasteiger partial charge is 0.326 e. The second-order valence-corrected chi connectivity index (χ2v) is 9.95. The van der Waals surface area contributed by atoms with Crippen LogP contribution in [0.4, 0.5) is 20.4 Å². The van der Waals surface area contributed by atoms with E-state index in [0.29, 0.717) is 42.8 Å². The second-order valence-electron chi connectivity index (χ2n) is 9.95. The number of hydrogen-bond acceptors (Lipinski definition) is 7. The number of anilines is 2. The lowest BCUT2D eigenvalue weighted by molar-refractivity contribution is 0.235. The summed E-state index contributed by atoms with van der Waals surface area (Å²) in [5, 5.41) is 3.30. The molecule has 2 fully saturated rings. The number of hydrogen-bond donors (Lipinski definition) is 1. The number of ether oxygens (including phenoxy) is 1. The monoisotopic (exact) mass is 492 g/mol. The summed E-state index contributed by atoms with van der Waals surface area (Å²) in [6.45, 7) is 5.72. The van der Waals surface area contributed by atoms with E-state index in [2.05, 4.69) is 36.2 Å². The lowest BCUT2D eigenvalue weighted by atomic mass is 10.1. The largest absolute Gasteiger partial charge is 0.421 e. The molecule has 0 atom stereocenters. The third-order valence-electron chi connectivity index (χ3n) is 7.20. The van der Waals surface area contributed by atoms with Crippen LogP contribution in [0.3, 0.4) is 0 Å². The molecule has 6 rings (SSSR count). The molecular formula is C27H30F2N6O. The van der Waals surface area contributed by atoms with E-state index < -0.39 is 5.82 Å². The van der Waals surface area contributed by atoms with Crippen LogP contribution in [0, 0.1) is 11.7 Å². The van der Waals surface area contributed by atoms with Crippen molar-refractivity contribution < 1.29 is 13.5 Å². The molecule has 2 aliphatic heterocycles. The van der Waals surface area contributed by atoms with Crippen LogP contribution >= 0.6 is 0 Å². The van der Waals surface area contributed by atoms with Gasteiger partial charge in [-0.2, -0.15) is 9.97 Å². The Morgan fingerprint density at radius 2 is 1.94 bits per heavy atom. The number of halogens is 2. The fourth-order valence-corrected chi connectivity index (χ4v) is 5.05. The number of amidine groups is 1. The van der Waals surface area contributed by atoms with Crippen LogP contribution in [0.2, 0.25) is 0 Å². The van der Waals surface area contributed by atoms with Gasteiger partial charge in [0.15, 0.2) is 11.6 Å². The van der Waals surface area contributed by atoms with Gasteiger partial charge in [-0.1, -0.05) is 17.7 Å². The summed E-state index contributed by atoms with van der Waals surface area (Å²) in [6, 6.07) is 5.48. The molecule has 2 aliphatic carbocycles. The molecule has 0 spiro atoms. The Labute approximate surface area is 209 Å². The fraction of sp³-hybridized carbons (Fsp3) is 0.444. The zero-order valence-corrected chi connectivity index (χ0v) is 20.4. The second kappa shape index (κ2) is 9.61. The Hall–Kier alpha value is -3.33. The number of alkyl halides is 1. The molecule has 0 amide bonds. The van der Waals surface area contributed by atoms with Gasteiger partial charge in [-0.25, -0.2) is 8.78 Å². The molecule has 2 aromatic rings. The van der Waals surface area contributed by atoms with E-state index in [1.807, 2.05) is 25.1 Å². The minimum Gasteiger partial charge on any atom is -0.421 e. The number of benzene rings is 1. The molecule has 0 bridgehead atoms. The van der Waals surface area contributed by atoms with Crippen molar-refractivity contribution >= 4 is 23.5 Å². The Morgan fingerprint density at radius 3 is 2.72 bits per heavy atom. The van der Waals surface area contributed by atoms with Crippen molar-refractivity contribution in [3.63, 3.8) is 0 Å². The summed E-state index contributed by atoms with van der Waals surface area (Å²) in [4.78, 5) is 18.0. The lowest BCUT2D eigenvalue weighted by Crippen LogP contribution is -2.47. The maximum Gasteiger partial charge on any atom is 0.326 e. The fourth-order valence-electron chi connectivity index (χ4n) is 5.05. The van der Waals surface area contributed by atoms with Crippen LogP contribution in [0.25, 0.3) is 6.08 Å². The predicted molar refractivity (Wildman–Crippen MR) is 137 cm³/mol. The highest BCUT2D eigenvalue weighted by atomic mass is 19.1. The van der Waals surface area contributed by atoms with Crippen molar-refractivity contribution in [2.75, 3.05) is 56.2 Å². The Bertz CT molecular complexity index is 1260. The molecule has 188 valence electrons. The van der Waals surface area contributed by atoms with E-state index in [9.17, 15) is 4.39 Å². The maximum atomic E-state index is 15.2. The summed E-state index contributed by atoms with van der Waals surface area (Å²) in [7, 11) is 0. The van der Waals surface area contributed by atoms with E-state index in [1.165, 1.54) is 18.4 Å². The van der Waals surface area contributed by atoms with Crippen molar-refractivity contribution in [3.8, 4) is 11.8 Å². The molecular weight excluding hydrogens is 462 g/mol. The SMILES string of the molecule is CC1=Cc2c(ccc(Oc3nc(NC4=NCC(C5CC5)=C4)cc(N4CCN(CCF)CC4)n3)c2F)C1. The minimum atomic E-state index is -0.398. The minimum absolute atomic E-state index is 0.0729. The average Bonchev–Trinajstić information content (AvgIpc) is 3.50. The van der Waals surface area contributed by atoms with Gasteiger partial charge >= 0.3 is 6.01 Å².